The van der Waals surface area contributed by atoms with E-state index in [2.05, 4.69) is 10.3 Å². The lowest BCUT2D eigenvalue weighted by molar-refractivity contribution is -0.136. The zero-order chi connectivity index (χ0) is 19.5. The number of aliphatic carboxylic acids is 1. The van der Waals surface area contributed by atoms with Crippen molar-refractivity contribution < 1.29 is 19.1 Å². The van der Waals surface area contributed by atoms with E-state index in [0.29, 0.717) is 27.7 Å². The minimum atomic E-state index is -0.878. The predicted octanol–water partition coefficient (Wildman–Crippen LogP) is 4.04. The second kappa shape index (κ2) is 7.74. The lowest BCUT2D eigenvalue weighted by Gasteiger charge is -1.99. The molecule has 4 rings (SSSR count). The number of nitrogens with one attached hydrogen (secondary N) is 1. The lowest BCUT2D eigenvalue weighted by atomic mass is 10.1. The molecule has 0 aliphatic carbocycles. The predicted molar refractivity (Wildman–Crippen MR) is 109 cm³/mol. The van der Waals surface area contributed by atoms with Gasteiger partial charge in [0, 0.05) is 11.8 Å². The van der Waals surface area contributed by atoms with Gasteiger partial charge in [-0.1, -0.05) is 36.4 Å². The van der Waals surface area contributed by atoms with Gasteiger partial charge in [-0.2, -0.15) is 0 Å². The average molecular weight is 392 g/mol. The number of furan rings is 1. The molecule has 0 spiro atoms. The molecule has 140 valence electrons. The SMILES string of the molecule is O=C(O)Cc1ccc(N=C2NC(=O)/C(=C/Cc3cc4ccccc4o3)S2)cc1. The molecule has 7 heteroatoms. The second-order valence-electron chi connectivity index (χ2n) is 6.23. The number of aliphatic imine (C=N–C) groups is 1. The largest absolute Gasteiger partial charge is 0.481 e. The van der Waals surface area contributed by atoms with Crippen LogP contribution in [0.15, 0.2) is 75.0 Å². The molecule has 0 bridgehead atoms. The Morgan fingerprint density at radius 1 is 1.18 bits per heavy atom. The Morgan fingerprint density at radius 3 is 2.71 bits per heavy atom. The molecule has 0 saturated carbocycles. The van der Waals surface area contributed by atoms with E-state index >= 15 is 0 Å². The molecule has 3 aromatic rings. The van der Waals surface area contributed by atoms with E-state index in [4.69, 9.17) is 9.52 Å². The lowest BCUT2D eigenvalue weighted by Crippen LogP contribution is -2.19. The zero-order valence-electron chi connectivity index (χ0n) is 14.7. The highest BCUT2D eigenvalue weighted by Crippen LogP contribution is 2.27. The number of hydrogen-bond acceptors (Lipinski definition) is 5. The van der Waals surface area contributed by atoms with Crippen LogP contribution in [0, 0.1) is 0 Å². The summed E-state index contributed by atoms with van der Waals surface area (Å²) in [6.45, 7) is 0. The van der Waals surface area contributed by atoms with Gasteiger partial charge in [0.15, 0.2) is 5.17 Å². The summed E-state index contributed by atoms with van der Waals surface area (Å²) in [7, 11) is 0. The van der Waals surface area contributed by atoms with Crippen molar-refractivity contribution in [3.8, 4) is 0 Å². The number of carboxylic acids is 1. The van der Waals surface area contributed by atoms with Crippen LogP contribution < -0.4 is 5.32 Å². The highest BCUT2D eigenvalue weighted by atomic mass is 32.2. The minimum Gasteiger partial charge on any atom is -0.481 e. The molecule has 0 atom stereocenters. The average Bonchev–Trinajstić information content (AvgIpc) is 3.23. The molecule has 1 aromatic heterocycles. The molecule has 6 nitrogen and oxygen atoms in total. The van der Waals surface area contributed by atoms with Crippen LogP contribution in [-0.2, 0) is 22.4 Å². The van der Waals surface area contributed by atoms with Crippen molar-refractivity contribution in [3.63, 3.8) is 0 Å². The van der Waals surface area contributed by atoms with Crippen molar-refractivity contribution in [2.75, 3.05) is 0 Å². The maximum absolute atomic E-state index is 12.2. The van der Waals surface area contributed by atoms with Gasteiger partial charge < -0.3 is 14.8 Å². The number of amidine groups is 1. The summed E-state index contributed by atoms with van der Waals surface area (Å²) in [5.74, 6) is -0.277. The smallest absolute Gasteiger partial charge is 0.307 e. The molecule has 2 aromatic carbocycles. The van der Waals surface area contributed by atoms with Crippen molar-refractivity contribution >= 4 is 45.5 Å². The highest BCUT2D eigenvalue weighted by molar-refractivity contribution is 8.18. The molecular weight excluding hydrogens is 376 g/mol. The van der Waals surface area contributed by atoms with Crippen molar-refractivity contribution in [3.05, 3.63) is 76.9 Å². The van der Waals surface area contributed by atoms with E-state index in [0.717, 1.165) is 16.7 Å². The molecule has 0 radical (unpaired) electrons. The van der Waals surface area contributed by atoms with Crippen molar-refractivity contribution in [2.24, 2.45) is 4.99 Å². The van der Waals surface area contributed by atoms with Crippen molar-refractivity contribution in [1.29, 1.82) is 0 Å². The quantitative estimate of drug-likeness (QED) is 0.640. The van der Waals surface area contributed by atoms with E-state index < -0.39 is 5.97 Å². The van der Waals surface area contributed by atoms with Gasteiger partial charge in [-0.15, -0.1) is 0 Å². The number of carbonyl (C=O) groups is 2. The fourth-order valence-electron chi connectivity index (χ4n) is 2.83. The van der Waals surface area contributed by atoms with E-state index in [1.54, 1.807) is 24.3 Å². The Balaban J connectivity index is 1.44. The fraction of sp³-hybridized carbons (Fsp3) is 0.0952. The van der Waals surface area contributed by atoms with Crippen molar-refractivity contribution in [2.45, 2.75) is 12.8 Å². The second-order valence-corrected chi connectivity index (χ2v) is 7.26. The first-order chi connectivity index (χ1) is 13.6. The summed E-state index contributed by atoms with van der Waals surface area (Å²) in [5.41, 5.74) is 2.18. The number of hydrogen-bond donors (Lipinski definition) is 2. The third-order valence-corrected chi connectivity index (χ3v) is 5.10. The molecule has 28 heavy (non-hydrogen) atoms. The first-order valence-electron chi connectivity index (χ1n) is 8.63. The Morgan fingerprint density at radius 2 is 1.96 bits per heavy atom. The van der Waals surface area contributed by atoms with Crippen LogP contribution in [0.2, 0.25) is 0 Å². The van der Waals surface area contributed by atoms with Gasteiger partial charge in [0.05, 0.1) is 17.0 Å². The first-order valence-corrected chi connectivity index (χ1v) is 9.45. The summed E-state index contributed by atoms with van der Waals surface area (Å²) in [4.78, 5) is 27.9. The van der Waals surface area contributed by atoms with E-state index in [1.165, 1.54) is 11.8 Å². The van der Waals surface area contributed by atoms with Gasteiger partial charge in [-0.3, -0.25) is 9.59 Å². The molecule has 0 unspecified atom stereocenters. The first kappa shape index (κ1) is 18.1. The maximum atomic E-state index is 12.2. The number of fused-ring (bicyclic) bond motifs is 1. The van der Waals surface area contributed by atoms with Crippen LogP contribution in [0.25, 0.3) is 11.0 Å². The third kappa shape index (κ3) is 4.15. The maximum Gasteiger partial charge on any atom is 0.307 e. The standard InChI is InChI=1S/C21H16N2O4S/c24-19(25)11-13-5-7-15(8-6-13)22-21-23-20(26)18(28-21)10-9-16-12-14-3-1-2-4-17(14)27-16/h1-8,10,12H,9,11H2,(H,24,25)(H,22,23,26)/b18-10-. The Labute approximate surface area is 165 Å². The number of nitrogens with zero attached hydrogens (tertiary/aromatic N) is 1. The van der Waals surface area contributed by atoms with Crippen LogP contribution in [-0.4, -0.2) is 22.2 Å². The summed E-state index contributed by atoms with van der Waals surface area (Å²) in [5, 5.41) is 13.1. The van der Waals surface area contributed by atoms with Crippen LogP contribution >= 0.6 is 11.8 Å². The molecule has 1 aliphatic rings. The molecule has 2 heterocycles. The Bertz CT molecular complexity index is 1080. The van der Waals surface area contributed by atoms with E-state index in [-0.39, 0.29) is 12.3 Å². The number of carbonyl (C=O) groups excluding carboxylic acids is 1. The fourth-order valence-corrected chi connectivity index (χ4v) is 3.64. The molecule has 2 N–H and O–H groups in total. The number of allylic oxidation sites excluding steroid dienone is 1. The number of rotatable bonds is 5. The highest BCUT2D eigenvalue weighted by Gasteiger charge is 2.23. The Kier molecular flexibility index (Phi) is 4.99. The van der Waals surface area contributed by atoms with Gasteiger partial charge in [0.2, 0.25) is 0 Å². The van der Waals surface area contributed by atoms with Gasteiger partial charge in [-0.25, -0.2) is 4.99 Å². The summed E-state index contributed by atoms with van der Waals surface area (Å²) in [6, 6.07) is 16.6. The summed E-state index contributed by atoms with van der Waals surface area (Å²) >= 11 is 1.27. The van der Waals surface area contributed by atoms with Crippen LogP contribution in [0.5, 0.6) is 0 Å². The number of carboxylic acid groups (broad SMARTS) is 1. The van der Waals surface area contributed by atoms with Crippen molar-refractivity contribution in [1.82, 2.24) is 5.32 Å². The van der Waals surface area contributed by atoms with Crippen LogP contribution in [0.4, 0.5) is 5.69 Å². The number of amides is 1. The topological polar surface area (TPSA) is 91.9 Å². The van der Waals surface area contributed by atoms with Crippen LogP contribution in [0.1, 0.15) is 11.3 Å². The molecule has 1 saturated heterocycles. The summed E-state index contributed by atoms with van der Waals surface area (Å²) in [6.07, 6.45) is 2.31. The number of benzene rings is 2. The normalized spacial score (nSPS) is 16.8. The minimum absolute atomic E-state index is 0.0307. The molecule has 1 amide bonds. The van der Waals surface area contributed by atoms with E-state index in [1.807, 2.05) is 36.4 Å². The Hall–Kier alpha value is -3.32. The van der Waals surface area contributed by atoms with Gasteiger partial charge in [0.25, 0.3) is 5.91 Å². The molecule has 1 aliphatic heterocycles. The number of para-hydroxylation sites is 1. The van der Waals surface area contributed by atoms with Gasteiger partial charge in [-0.05, 0) is 41.6 Å². The van der Waals surface area contributed by atoms with Gasteiger partial charge >= 0.3 is 5.97 Å². The zero-order valence-corrected chi connectivity index (χ0v) is 15.5. The number of thioether (sulfide) groups is 1. The van der Waals surface area contributed by atoms with Gasteiger partial charge in [0.1, 0.15) is 11.3 Å². The van der Waals surface area contributed by atoms with Crippen LogP contribution in [0.3, 0.4) is 0 Å². The van der Waals surface area contributed by atoms with E-state index in [9.17, 15) is 9.59 Å². The summed E-state index contributed by atoms with van der Waals surface area (Å²) < 4.78 is 5.77. The molecule has 1 fully saturated rings. The molecular formula is C21H16N2O4S. The monoisotopic (exact) mass is 392 g/mol. The third-order valence-electron chi connectivity index (χ3n) is 4.14.